The number of rotatable bonds is 6. The number of ether oxygens (including phenoxy) is 2. The fourth-order valence-corrected chi connectivity index (χ4v) is 5.06. The Morgan fingerprint density at radius 1 is 1.29 bits per heavy atom. The first-order valence-electron chi connectivity index (χ1n) is 7.49. The van der Waals surface area contributed by atoms with E-state index < -0.39 is 0 Å². The fourth-order valence-electron chi connectivity index (χ4n) is 2.00. The first-order chi connectivity index (χ1) is 11.7. The van der Waals surface area contributed by atoms with Crippen molar-refractivity contribution in [1.29, 1.82) is 0 Å². The highest BCUT2D eigenvalue weighted by atomic mass is 32.2. The molecule has 1 atom stereocenters. The van der Waals surface area contributed by atoms with Crippen LogP contribution in [0.15, 0.2) is 26.9 Å². The molecule has 0 spiro atoms. The van der Waals surface area contributed by atoms with Gasteiger partial charge < -0.3 is 14.8 Å². The van der Waals surface area contributed by atoms with Crippen molar-refractivity contribution in [3.8, 4) is 11.5 Å². The van der Waals surface area contributed by atoms with Crippen molar-refractivity contribution >= 4 is 46.5 Å². The van der Waals surface area contributed by atoms with Crippen LogP contribution in [-0.4, -0.2) is 40.3 Å². The lowest BCUT2D eigenvalue weighted by Crippen LogP contribution is -2.22. The van der Waals surface area contributed by atoms with Crippen molar-refractivity contribution in [2.75, 3.05) is 24.3 Å². The van der Waals surface area contributed by atoms with E-state index in [4.69, 9.17) is 9.47 Å². The molecule has 0 saturated carbocycles. The van der Waals surface area contributed by atoms with Gasteiger partial charge in [0.1, 0.15) is 13.2 Å². The monoisotopic (exact) mass is 383 g/mol. The number of thioether (sulfide) groups is 2. The van der Waals surface area contributed by atoms with Crippen molar-refractivity contribution in [1.82, 2.24) is 10.2 Å². The van der Waals surface area contributed by atoms with Crippen LogP contribution in [0.3, 0.4) is 0 Å². The molecule has 2 aromatic rings. The number of benzene rings is 1. The Balaban J connectivity index is 1.59. The van der Waals surface area contributed by atoms with Crippen LogP contribution < -0.4 is 14.8 Å². The maximum atomic E-state index is 12.4. The van der Waals surface area contributed by atoms with Crippen LogP contribution in [-0.2, 0) is 4.79 Å². The summed E-state index contributed by atoms with van der Waals surface area (Å²) >= 11 is 4.58. The van der Waals surface area contributed by atoms with Gasteiger partial charge in [0.15, 0.2) is 20.2 Å². The molecule has 1 N–H and O–H groups in total. The second kappa shape index (κ2) is 8.09. The molecule has 128 valence electrons. The summed E-state index contributed by atoms with van der Waals surface area (Å²) in [5, 5.41) is 10.8. The smallest absolute Gasteiger partial charge is 0.237 e. The second-order valence-electron chi connectivity index (χ2n) is 4.87. The molecule has 6 nitrogen and oxygen atoms in total. The Morgan fingerprint density at radius 2 is 2.04 bits per heavy atom. The third kappa shape index (κ3) is 4.34. The lowest BCUT2D eigenvalue weighted by molar-refractivity contribution is -0.115. The molecule has 3 rings (SSSR count). The molecule has 1 aromatic carbocycles. The predicted molar refractivity (Wildman–Crippen MR) is 97.7 cm³/mol. The molecule has 1 aromatic heterocycles. The molecule has 0 fully saturated rings. The standard InChI is InChI=1S/C15H17N3O3S3/c1-3-22-14-17-18-15(24-14)23-9(2)13(19)16-10-4-5-11-12(8-10)21-7-6-20-11/h4-5,8-9H,3,6-7H2,1-2H3,(H,16,19). The molecule has 24 heavy (non-hydrogen) atoms. The number of hydrogen-bond acceptors (Lipinski definition) is 8. The first kappa shape index (κ1) is 17.4. The number of carbonyl (C=O) groups excluding carboxylic acids is 1. The first-order valence-corrected chi connectivity index (χ1v) is 10.2. The Hall–Kier alpha value is -1.45. The van der Waals surface area contributed by atoms with E-state index in [9.17, 15) is 4.79 Å². The third-order valence-electron chi connectivity index (χ3n) is 3.11. The zero-order chi connectivity index (χ0) is 16.9. The normalized spacial score (nSPS) is 14.2. The fraction of sp³-hybridized carbons (Fsp3) is 0.400. The van der Waals surface area contributed by atoms with Gasteiger partial charge in [-0.3, -0.25) is 4.79 Å². The Labute approximate surface area is 152 Å². The van der Waals surface area contributed by atoms with Crippen LogP contribution in [0.5, 0.6) is 11.5 Å². The number of carbonyl (C=O) groups is 1. The summed E-state index contributed by atoms with van der Waals surface area (Å²) in [6.07, 6.45) is 0. The van der Waals surface area contributed by atoms with Gasteiger partial charge in [-0.25, -0.2) is 0 Å². The molecular weight excluding hydrogens is 366 g/mol. The number of amides is 1. The van der Waals surface area contributed by atoms with Gasteiger partial charge in [0, 0.05) is 11.8 Å². The molecule has 9 heteroatoms. The van der Waals surface area contributed by atoms with Gasteiger partial charge in [-0.05, 0) is 24.8 Å². The maximum Gasteiger partial charge on any atom is 0.237 e. The molecule has 0 saturated heterocycles. The van der Waals surface area contributed by atoms with Crippen molar-refractivity contribution < 1.29 is 14.3 Å². The van der Waals surface area contributed by atoms with Gasteiger partial charge in [0.05, 0.1) is 5.25 Å². The summed E-state index contributed by atoms with van der Waals surface area (Å²) in [6, 6.07) is 5.40. The quantitative estimate of drug-likeness (QED) is 0.765. The van der Waals surface area contributed by atoms with Gasteiger partial charge in [-0.15, -0.1) is 10.2 Å². The third-order valence-corrected chi connectivity index (χ3v) is 6.24. The van der Waals surface area contributed by atoms with E-state index in [0.717, 1.165) is 14.4 Å². The van der Waals surface area contributed by atoms with Crippen molar-refractivity contribution in [3.63, 3.8) is 0 Å². The minimum absolute atomic E-state index is 0.0865. The largest absolute Gasteiger partial charge is 0.486 e. The topological polar surface area (TPSA) is 73.3 Å². The van der Waals surface area contributed by atoms with Gasteiger partial charge in [-0.1, -0.05) is 41.8 Å². The Kier molecular flexibility index (Phi) is 5.85. The van der Waals surface area contributed by atoms with E-state index in [0.29, 0.717) is 30.4 Å². The number of nitrogens with zero attached hydrogens (tertiary/aromatic N) is 2. The Bertz CT molecular complexity index is 723. The van der Waals surface area contributed by atoms with Gasteiger partial charge in [0.25, 0.3) is 0 Å². The summed E-state index contributed by atoms with van der Waals surface area (Å²) in [5.41, 5.74) is 0.691. The number of fused-ring (bicyclic) bond motifs is 1. The number of aromatic nitrogens is 2. The molecule has 0 aliphatic carbocycles. The molecule has 0 bridgehead atoms. The number of nitrogens with one attached hydrogen (secondary N) is 1. The van der Waals surface area contributed by atoms with E-state index >= 15 is 0 Å². The average Bonchev–Trinajstić information content (AvgIpc) is 3.02. The van der Waals surface area contributed by atoms with Crippen LogP contribution in [0.1, 0.15) is 13.8 Å². The summed E-state index contributed by atoms with van der Waals surface area (Å²) in [6.45, 7) is 4.99. The highest BCUT2D eigenvalue weighted by Crippen LogP contribution is 2.34. The molecule has 1 unspecified atom stereocenters. The van der Waals surface area contributed by atoms with Crippen LogP contribution in [0.25, 0.3) is 0 Å². The summed E-state index contributed by atoms with van der Waals surface area (Å²) in [5.74, 6) is 2.23. The molecule has 1 aliphatic heterocycles. The highest BCUT2D eigenvalue weighted by Gasteiger charge is 2.19. The van der Waals surface area contributed by atoms with E-state index in [1.165, 1.54) is 23.1 Å². The van der Waals surface area contributed by atoms with Crippen LogP contribution in [0, 0.1) is 0 Å². The average molecular weight is 384 g/mol. The summed E-state index contributed by atoms with van der Waals surface area (Å²) in [4.78, 5) is 12.4. The van der Waals surface area contributed by atoms with Crippen LogP contribution in [0.2, 0.25) is 0 Å². The zero-order valence-corrected chi connectivity index (χ0v) is 15.7. The maximum absolute atomic E-state index is 12.4. The zero-order valence-electron chi connectivity index (χ0n) is 13.3. The van der Waals surface area contributed by atoms with Crippen LogP contribution in [0.4, 0.5) is 5.69 Å². The van der Waals surface area contributed by atoms with Crippen molar-refractivity contribution in [2.45, 2.75) is 27.8 Å². The summed E-state index contributed by atoms with van der Waals surface area (Å²) < 4.78 is 12.7. The van der Waals surface area contributed by atoms with Gasteiger partial charge in [-0.2, -0.15) is 0 Å². The molecule has 0 radical (unpaired) electrons. The SMILES string of the molecule is CCSc1nnc(SC(C)C(=O)Nc2ccc3c(c2)OCCO3)s1. The molecule has 1 amide bonds. The molecular formula is C15H17N3O3S3. The lowest BCUT2D eigenvalue weighted by Gasteiger charge is -2.19. The van der Waals surface area contributed by atoms with E-state index in [-0.39, 0.29) is 11.2 Å². The molecule has 2 heterocycles. The van der Waals surface area contributed by atoms with Gasteiger partial charge in [0.2, 0.25) is 5.91 Å². The minimum Gasteiger partial charge on any atom is -0.486 e. The summed E-state index contributed by atoms with van der Waals surface area (Å²) in [7, 11) is 0. The van der Waals surface area contributed by atoms with E-state index in [1.807, 2.05) is 13.0 Å². The van der Waals surface area contributed by atoms with E-state index in [1.54, 1.807) is 23.9 Å². The van der Waals surface area contributed by atoms with Gasteiger partial charge >= 0.3 is 0 Å². The number of anilines is 1. The second-order valence-corrected chi connectivity index (χ2v) is 8.95. The van der Waals surface area contributed by atoms with E-state index in [2.05, 4.69) is 22.4 Å². The van der Waals surface area contributed by atoms with Crippen molar-refractivity contribution in [3.05, 3.63) is 18.2 Å². The molecule has 1 aliphatic rings. The number of hydrogen-bond donors (Lipinski definition) is 1. The minimum atomic E-state index is -0.273. The highest BCUT2D eigenvalue weighted by molar-refractivity contribution is 8.03. The lowest BCUT2D eigenvalue weighted by atomic mass is 10.2. The van der Waals surface area contributed by atoms with Crippen molar-refractivity contribution in [2.24, 2.45) is 0 Å². The Morgan fingerprint density at radius 3 is 2.83 bits per heavy atom. The predicted octanol–water partition coefficient (Wildman–Crippen LogP) is 3.54. The van der Waals surface area contributed by atoms with Crippen LogP contribution >= 0.6 is 34.9 Å².